The average Bonchev–Trinajstić information content (AvgIpc) is 3.38. The molecule has 0 unspecified atom stereocenters. The highest BCUT2D eigenvalue weighted by Crippen LogP contribution is 2.38. The molecule has 0 saturated carbocycles. The number of fused-ring (bicyclic) bond motifs is 1. The van der Waals surface area contributed by atoms with E-state index in [-0.39, 0.29) is 0 Å². The minimum atomic E-state index is 0.627. The van der Waals surface area contributed by atoms with E-state index < -0.39 is 0 Å². The van der Waals surface area contributed by atoms with Gasteiger partial charge in [-0.2, -0.15) is 5.10 Å². The third kappa shape index (κ3) is 2.93. The molecule has 142 valence electrons. The lowest BCUT2D eigenvalue weighted by molar-refractivity contribution is 0.122. The summed E-state index contributed by atoms with van der Waals surface area (Å²) in [5.74, 6) is 0.840. The van der Waals surface area contributed by atoms with Gasteiger partial charge in [0, 0.05) is 29.9 Å². The molecule has 4 aromatic rings. The van der Waals surface area contributed by atoms with Crippen molar-refractivity contribution < 1.29 is 4.74 Å². The fourth-order valence-corrected chi connectivity index (χ4v) is 3.97. The molecule has 0 radical (unpaired) electrons. The van der Waals surface area contributed by atoms with Crippen LogP contribution in [0, 0.1) is 6.92 Å². The molecule has 2 aromatic heterocycles. The van der Waals surface area contributed by atoms with Crippen LogP contribution < -0.4 is 4.90 Å². The quantitative estimate of drug-likeness (QED) is 0.574. The van der Waals surface area contributed by atoms with Crippen LogP contribution in [0.4, 0.5) is 5.69 Å². The van der Waals surface area contributed by atoms with Crippen LogP contribution in [0.2, 0.25) is 5.02 Å². The normalized spacial score (nSPS) is 14.7. The molecule has 1 aliphatic heterocycles. The fourth-order valence-electron chi connectivity index (χ4n) is 3.66. The number of morpholine rings is 1. The number of rotatable bonds is 3. The Hall–Kier alpha value is -2.90. The minimum absolute atomic E-state index is 0.627. The predicted molar refractivity (Wildman–Crippen MR) is 109 cm³/mol. The first-order chi connectivity index (χ1) is 13.7. The van der Waals surface area contributed by atoms with Crippen molar-refractivity contribution in [2.75, 3.05) is 31.2 Å². The van der Waals surface area contributed by atoms with Crippen LogP contribution in [0.15, 0.2) is 43.0 Å². The number of nitrogens with zero attached hydrogens (tertiary/aromatic N) is 5. The zero-order chi connectivity index (χ0) is 19.1. The lowest BCUT2D eigenvalue weighted by atomic mass is 10.0. The molecular formula is C20H19ClN6O. The van der Waals surface area contributed by atoms with Crippen LogP contribution in [-0.2, 0) is 4.74 Å². The van der Waals surface area contributed by atoms with E-state index in [0.29, 0.717) is 5.02 Å². The Bertz CT molecular complexity index is 1130. The molecule has 0 atom stereocenters. The largest absolute Gasteiger partial charge is 0.378 e. The minimum Gasteiger partial charge on any atom is -0.378 e. The molecule has 1 aliphatic rings. The summed E-state index contributed by atoms with van der Waals surface area (Å²) in [6.07, 6.45) is 3.22. The molecule has 1 saturated heterocycles. The number of aryl methyl sites for hydroxylation is 1. The van der Waals surface area contributed by atoms with Gasteiger partial charge in [-0.05, 0) is 31.2 Å². The lowest BCUT2D eigenvalue weighted by Crippen LogP contribution is -2.36. The summed E-state index contributed by atoms with van der Waals surface area (Å²) >= 11 is 6.80. The van der Waals surface area contributed by atoms with Crippen molar-refractivity contribution in [2.24, 2.45) is 0 Å². The number of anilines is 1. The van der Waals surface area contributed by atoms with Crippen LogP contribution in [0.3, 0.4) is 0 Å². The number of imidazole rings is 1. The molecule has 1 N–H and O–H groups in total. The molecule has 7 nitrogen and oxygen atoms in total. The zero-order valence-corrected chi connectivity index (χ0v) is 16.1. The highest BCUT2D eigenvalue weighted by molar-refractivity contribution is 6.37. The molecule has 3 heterocycles. The molecular weight excluding hydrogens is 376 g/mol. The van der Waals surface area contributed by atoms with Gasteiger partial charge in [-0.3, -0.25) is 0 Å². The number of aromatic nitrogens is 5. The van der Waals surface area contributed by atoms with Crippen molar-refractivity contribution in [2.45, 2.75) is 6.92 Å². The number of halogens is 1. The first-order valence-corrected chi connectivity index (χ1v) is 9.55. The summed E-state index contributed by atoms with van der Waals surface area (Å²) in [4.78, 5) is 14.2. The van der Waals surface area contributed by atoms with E-state index in [0.717, 1.165) is 65.7 Å². The number of hydrogen-bond acceptors (Lipinski definition) is 5. The third-order valence-corrected chi connectivity index (χ3v) is 5.41. The highest BCUT2D eigenvalue weighted by atomic mass is 35.5. The molecule has 5 rings (SSSR count). The van der Waals surface area contributed by atoms with Gasteiger partial charge in [0.1, 0.15) is 24.0 Å². The number of benzene rings is 2. The van der Waals surface area contributed by atoms with Crippen molar-refractivity contribution >= 4 is 28.3 Å². The maximum atomic E-state index is 6.80. The highest BCUT2D eigenvalue weighted by Gasteiger charge is 2.18. The second-order valence-corrected chi connectivity index (χ2v) is 7.16. The molecule has 28 heavy (non-hydrogen) atoms. The monoisotopic (exact) mass is 394 g/mol. The van der Waals surface area contributed by atoms with E-state index in [1.165, 1.54) is 6.33 Å². The smallest absolute Gasteiger partial charge is 0.138 e. The second-order valence-electron chi connectivity index (χ2n) is 6.79. The van der Waals surface area contributed by atoms with Gasteiger partial charge >= 0.3 is 0 Å². The van der Waals surface area contributed by atoms with E-state index in [9.17, 15) is 0 Å². The first-order valence-electron chi connectivity index (χ1n) is 9.17. The van der Waals surface area contributed by atoms with Crippen LogP contribution >= 0.6 is 11.6 Å². The SMILES string of the molecule is Cc1nc2c(Cl)c(-c3cc(N4CCOCC4)ccc3-n3cncn3)ccc2[nH]1. The van der Waals surface area contributed by atoms with Crippen molar-refractivity contribution in [1.29, 1.82) is 0 Å². The molecule has 8 heteroatoms. The van der Waals surface area contributed by atoms with E-state index >= 15 is 0 Å². The Morgan fingerprint density at radius 3 is 2.75 bits per heavy atom. The van der Waals surface area contributed by atoms with E-state index in [1.807, 2.05) is 19.1 Å². The zero-order valence-electron chi connectivity index (χ0n) is 15.4. The Morgan fingerprint density at radius 1 is 1.11 bits per heavy atom. The fraction of sp³-hybridized carbons (Fsp3) is 0.250. The van der Waals surface area contributed by atoms with E-state index in [4.69, 9.17) is 16.3 Å². The molecule has 2 aromatic carbocycles. The lowest BCUT2D eigenvalue weighted by Gasteiger charge is -2.29. The molecule has 0 amide bonds. The van der Waals surface area contributed by atoms with Gasteiger partial charge in [0.15, 0.2) is 0 Å². The Kier molecular flexibility index (Phi) is 4.26. The maximum absolute atomic E-state index is 6.80. The van der Waals surface area contributed by atoms with Gasteiger partial charge in [-0.15, -0.1) is 0 Å². The summed E-state index contributed by atoms with van der Waals surface area (Å²) in [5.41, 5.74) is 5.67. The standard InChI is InChI=1S/C20H19ClN6O/c1-13-24-17-4-3-15(19(21)20(17)25-13)16-10-14(26-6-8-28-9-7-26)2-5-18(16)27-12-22-11-23-27/h2-5,10-12H,6-9H2,1H3,(H,24,25). The Morgan fingerprint density at radius 2 is 1.96 bits per heavy atom. The van der Waals surface area contributed by atoms with E-state index in [2.05, 4.69) is 43.1 Å². The van der Waals surface area contributed by atoms with Crippen LogP contribution in [0.1, 0.15) is 5.82 Å². The van der Waals surface area contributed by atoms with E-state index in [1.54, 1.807) is 11.0 Å². The first kappa shape index (κ1) is 17.2. The number of H-pyrrole nitrogens is 1. The predicted octanol–water partition coefficient (Wildman–Crippen LogP) is 3.61. The van der Waals surface area contributed by atoms with Crippen LogP contribution in [-0.4, -0.2) is 51.0 Å². The summed E-state index contributed by atoms with van der Waals surface area (Å²) < 4.78 is 7.25. The Labute approximate surface area is 166 Å². The average molecular weight is 395 g/mol. The Balaban J connectivity index is 1.70. The van der Waals surface area contributed by atoms with Gasteiger partial charge in [0.05, 0.1) is 29.4 Å². The number of ether oxygens (including phenoxy) is 1. The third-order valence-electron chi connectivity index (χ3n) is 5.02. The van der Waals surface area contributed by atoms with Crippen LogP contribution in [0.5, 0.6) is 0 Å². The van der Waals surface area contributed by atoms with Gasteiger partial charge in [-0.25, -0.2) is 14.6 Å². The van der Waals surface area contributed by atoms with Gasteiger partial charge in [-0.1, -0.05) is 17.7 Å². The molecule has 0 aliphatic carbocycles. The van der Waals surface area contributed by atoms with Crippen molar-refractivity contribution in [1.82, 2.24) is 24.7 Å². The number of hydrogen-bond donors (Lipinski definition) is 1. The summed E-state index contributed by atoms with van der Waals surface area (Å²) in [5, 5.41) is 4.95. The topological polar surface area (TPSA) is 71.9 Å². The van der Waals surface area contributed by atoms with Crippen LogP contribution in [0.25, 0.3) is 27.8 Å². The van der Waals surface area contributed by atoms with Gasteiger partial charge in [0.2, 0.25) is 0 Å². The van der Waals surface area contributed by atoms with Crippen molar-refractivity contribution in [3.05, 3.63) is 53.8 Å². The second kappa shape index (κ2) is 6.92. The number of aromatic amines is 1. The molecule has 1 fully saturated rings. The van der Waals surface area contributed by atoms with Crippen molar-refractivity contribution in [3.63, 3.8) is 0 Å². The maximum Gasteiger partial charge on any atom is 0.138 e. The summed E-state index contributed by atoms with van der Waals surface area (Å²) in [7, 11) is 0. The molecule has 0 bridgehead atoms. The van der Waals surface area contributed by atoms with Crippen molar-refractivity contribution in [3.8, 4) is 16.8 Å². The molecule has 0 spiro atoms. The van der Waals surface area contributed by atoms with Gasteiger partial charge in [0.25, 0.3) is 0 Å². The van der Waals surface area contributed by atoms with Gasteiger partial charge < -0.3 is 14.6 Å². The summed E-state index contributed by atoms with van der Waals surface area (Å²) in [6.45, 7) is 5.13. The number of nitrogens with one attached hydrogen (secondary N) is 1. The summed E-state index contributed by atoms with van der Waals surface area (Å²) in [6, 6.07) is 10.4.